The molecule has 1 saturated carbocycles. The minimum Gasteiger partial charge on any atom is -0.396 e. The number of nitrogen functional groups attached to an aromatic ring is 1. The first-order valence-electron chi connectivity index (χ1n) is 9.94. The fraction of sp³-hybridized carbons (Fsp3) is 0.476. The van der Waals surface area contributed by atoms with E-state index in [4.69, 9.17) is 15.2 Å². The number of hydrogen-bond acceptors (Lipinski definition) is 7. The maximum atomic E-state index is 9.33. The molecule has 4 atom stereocenters. The number of aliphatic hydroxyl groups is 1. The van der Waals surface area contributed by atoms with Gasteiger partial charge in [0.05, 0.1) is 18.8 Å². The Bertz CT molecular complexity index is 897. The second kappa shape index (κ2) is 8.44. The number of nitrogens with two attached hydrogens (primary N) is 1. The first-order valence-corrected chi connectivity index (χ1v) is 9.94. The second-order valence-corrected chi connectivity index (χ2v) is 7.57. The van der Waals surface area contributed by atoms with Crippen LogP contribution in [-0.2, 0) is 9.47 Å². The molecule has 3 fully saturated rings. The van der Waals surface area contributed by atoms with Gasteiger partial charge in [-0.15, -0.1) is 0 Å². The summed E-state index contributed by atoms with van der Waals surface area (Å²) in [5, 5.41) is 9.33. The summed E-state index contributed by atoms with van der Waals surface area (Å²) in [6.07, 6.45) is 6.63. The van der Waals surface area contributed by atoms with Crippen molar-refractivity contribution < 1.29 is 14.6 Å². The lowest BCUT2D eigenvalue weighted by atomic mass is 10.2. The number of imidazole rings is 1. The van der Waals surface area contributed by atoms with Crippen LogP contribution < -0.4 is 5.73 Å². The number of anilines is 1. The van der Waals surface area contributed by atoms with E-state index in [1.807, 2.05) is 37.3 Å². The number of methoxy groups -OCH3 is 1. The van der Waals surface area contributed by atoms with Gasteiger partial charge in [0, 0.05) is 18.6 Å². The van der Waals surface area contributed by atoms with E-state index < -0.39 is 0 Å². The molecule has 0 aromatic heterocycles. The van der Waals surface area contributed by atoms with E-state index in [1.165, 1.54) is 19.3 Å². The highest BCUT2D eigenvalue weighted by Crippen LogP contribution is 2.36. The molecule has 2 saturated heterocycles. The molecule has 8 heteroatoms. The van der Waals surface area contributed by atoms with Crippen molar-refractivity contribution in [3.05, 3.63) is 48.0 Å². The third-order valence-corrected chi connectivity index (χ3v) is 5.46. The fourth-order valence-electron chi connectivity index (χ4n) is 3.74. The summed E-state index contributed by atoms with van der Waals surface area (Å²) in [7, 11) is 1.63. The molecule has 4 aliphatic heterocycles. The van der Waals surface area contributed by atoms with Gasteiger partial charge in [-0.3, -0.25) is 4.57 Å². The Morgan fingerprint density at radius 1 is 1.24 bits per heavy atom. The third-order valence-electron chi connectivity index (χ3n) is 5.46. The van der Waals surface area contributed by atoms with Gasteiger partial charge >= 0.3 is 0 Å². The lowest BCUT2D eigenvalue weighted by molar-refractivity contribution is -0.0647. The number of hydrogen-bond donors (Lipinski definition) is 2. The lowest BCUT2D eigenvalue weighted by Gasteiger charge is -2.23. The molecule has 1 aliphatic carbocycles. The van der Waals surface area contributed by atoms with Crippen molar-refractivity contribution in [3.63, 3.8) is 0 Å². The Kier molecular flexibility index (Phi) is 5.75. The molecule has 0 spiro atoms. The van der Waals surface area contributed by atoms with E-state index >= 15 is 0 Å². The zero-order valence-corrected chi connectivity index (χ0v) is 16.7. The van der Waals surface area contributed by atoms with E-state index in [0.717, 1.165) is 5.56 Å². The van der Waals surface area contributed by atoms with E-state index in [9.17, 15) is 5.11 Å². The molecule has 8 nitrogen and oxygen atoms in total. The minimum atomic E-state index is -0.388. The highest BCUT2D eigenvalue weighted by atomic mass is 16.5. The van der Waals surface area contributed by atoms with E-state index in [0.29, 0.717) is 35.4 Å². The molecule has 5 aliphatic rings. The summed E-state index contributed by atoms with van der Waals surface area (Å²) < 4.78 is 12.7. The number of fused-ring (bicyclic) bond motifs is 2. The zero-order chi connectivity index (χ0) is 20.4. The first kappa shape index (κ1) is 19.8. The van der Waals surface area contributed by atoms with Gasteiger partial charge in [-0.25, -0.2) is 15.0 Å². The van der Waals surface area contributed by atoms with Crippen molar-refractivity contribution in [2.75, 3.05) is 19.5 Å². The van der Waals surface area contributed by atoms with Gasteiger partial charge < -0.3 is 20.3 Å². The number of nitrogens with zero attached hydrogens (tertiary/aromatic N) is 4. The summed E-state index contributed by atoms with van der Waals surface area (Å²) in [6, 6.07) is 9.77. The van der Waals surface area contributed by atoms with Gasteiger partial charge in [-0.05, 0) is 19.3 Å². The minimum absolute atomic E-state index is 0.0317. The number of benzene rings is 1. The standard InChI is InChI=1S/C16H19N5O2.C5H8O/c1-10(8-22)14-19-12-13(17)18-9-21(15(12)20-14)16(23-2)11-6-4-3-5-7-11;1-2-5-3-4(1)6-5/h3-7,9-10,16,22H,8,17H2,1-2H3;4-5H,1-3H2. The maximum Gasteiger partial charge on any atom is 0.168 e. The van der Waals surface area contributed by atoms with Crippen LogP contribution in [0.1, 0.15) is 49.7 Å². The van der Waals surface area contributed by atoms with Crippen molar-refractivity contribution >= 4 is 5.82 Å². The summed E-state index contributed by atoms with van der Waals surface area (Å²) in [5.41, 5.74) is 7.41. The fourth-order valence-corrected chi connectivity index (χ4v) is 3.74. The molecule has 0 amide bonds. The van der Waals surface area contributed by atoms with E-state index in [-0.39, 0.29) is 18.8 Å². The van der Waals surface area contributed by atoms with Gasteiger partial charge in [0.15, 0.2) is 23.6 Å². The van der Waals surface area contributed by atoms with Crippen LogP contribution in [0.5, 0.6) is 0 Å². The van der Waals surface area contributed by atoms with Crippen LogP contribution in [0.3, 0.4) is 0 Å². The van der Waals surface area contributed by atoms with Crippen LogP contribution in [-0.4, -0.2) is 50.6 Å². The molecular weight excluding hydrogens is 370 g/mol. The highest BCUT2D eigenvalue weighted by Gasteiger charge is 2.36. The van der Waals surface area contributed by atoms with Crippen molar-refractivity contribution in [2.24, 2.45) is 0 Å². The Morgan fingerprint density at radius 3 is 2.48 bits per heavy atom. The van der Waals surface area contributed by atoms with E-state index in [1.54, 1.807) is 18.0 Å². The van der Waals surface area contributed by atoms with Crippen molar-refractivity contribution in [3.8, 4) is 11.5 Å². The number of aromatic nitrogens is 4. The van der Waals surface area contributed by atoms with E-state index in [2.05, 4.69) is 15.0 Å². The van der Waals surface area contributed by atoms with Crippen LogP contribution in [0.25, 0.3) is 11.5 Å². The average Bonchev–Trinajstić information content (AvgIpc) is 3.47. The van der Waals surface area contributed by atoms with Crippen LogP contribution >= 0.6 is 0 Å². The first-order chi connectivity index (χ1) is 14.1. The summed E-state index contributed by atoms with van der Waals surface area (Å²) in [5.74, 6) is 1.26. The number of rotatable bonds is 5. The summed E-state index contributed by atoms with van der Waals surface area (Å²) in [6.45, 7) is 1.82. The normalized spacial score (nSPS) is 21.9. The monoisotopic (exact) mass is 397 g/mol. The Hall–Kier alpha value is -2.55. The molecule has 0 radical (unpaired) electrons. The SMILES string of the molecule is C1CC2CC1O2.COC(c1ccccc1)n1cnc(N)c2nc(C(C)CO)nc1-2. The topological polar surface area (TPSA) is 108 Å². The molecule has 4 heterocycles. The quantitative estimate of drug-likeness (QED) is 0.681. The van der Waals surface area contributed by atoms with Gasteiger partial charge in [0.2, 0.25) is 0 Å². The number of ether oxygens (including phenoxy) is 2. The van der Waals surface area contributed by atoms with Crippen molar-refractivity contribution in [1.82, 2.24) is 19.5 Å². The van der Waals surface area contributed by atoms with Crippen LogP contribution in [0, 0.1) is 0 Å². The van der Waals surface area contributed by atoms with Gasteiger partial charge in [0.25, 0.3) is 0 Å². The Morgan fingerprint density at radius 2 is 1.93 bits per heavy atom. The molecule has 4 unspecified atom stereocenters. The molecule has 1 aromatic carbocycles. The molecule has 1 aromatic rings. The molecular formula is C21H27N5O3. The average molecular weight is 397 g/mol. The molecule has 2 bridgehead atoms. The van der Waals surface area contributed by atoms with Crippen molar-refractivity contribution in [2.45, 2.75) is 50.5 Å². The predicted octanol–water partition coefficient (Wildman–Crippen LogP) is 2.59. The zero-order valence-electron chi connectivity index (χ0n) is 16.7. The predicted molar refractivity (Wildman–Crippen MR) is 108 cm³/mol. The largest absolute Gasteiger partial charge is 0.396 e. The van der Waals surface area contributed by atoms with Crippen LogP contribution in [0.4, 0.5) is 5.82 Å². The van der Waals surface area contributed by atoms with Crippen molar-refractivity contribution in [1.29, 1.82) is 0 Å². The Labute approximate surface area is 170 Å². The lowest BCUT2D eigenvalue weighted by Crippen LogP contribution is -2.25. The van der Waals surface area contributed by atoms with Gasteiger partial charge in [-0.2, -0.15) is 0 Å². The van der Waals surface area contributed by atoms with Gasteiger partial charge in [-0.1, -0.05) is 37.3 Å². The van der Waals surface area contributed by atoms with Crippen LogP contribution in [0.2, 0.25) is 0 Å². The molecule has 6 rings (SSSR count). The molecule has 29 heavy (non-hydrogen) atoms. The van der Waals surface area contributed by atoms with Crippen LogP contribution in [0.15, 0.2) is 36.7 Å². The molecule has 3 N–H and O–H groups in total. The molecule has 154 valence electrons. The second-order valence-electron chi connectivity index (χ2n) is 7.57. The smallest absolute Gasteiger partial charge is 0.168 e. The Balaban J connectivity index is 0.000000286. The third kappa shape index (κ3) is 3.96. The van der Waals surface area contributed by atoms with Gasteiger partial charge in [0.1, 0.15) is 12.2 Å². The highest BCUT2D eigenvalue weighted by molar-refractivity contribution is 5.65. The number of aliphatic hydroxyl groups excluding tert-OH is 1. The summed E-state index contributed by atoms with van der Waals surface area (Å²) >= 11 is 0. The summed E-state index contributed by atoms with van der Waals surface area (Å²) in [4.78, 5) is 13.1. The maximum absolute atomic E-state index is 9.33.